The minimum absolute atomic E-state index is 0.0619. The van der Waals surface area contributed by atoms with Crippen LogP contribution in [0.2, 0.25) is 0 Å². The van der Waals surface area contributed by atoms with Crippen LogP contribution in [0.5, 0.6) is 0 Å². The van der Waals surface area contributed by atoms with Gasteiger partial charge in [0.1, 0.15) is 0 Å². The molecule has 2 fully saturated rings. The average molecular weight is 296 g/mol. The van der Waals surface area contributed by atoms with Gasteiger partial charge >= 0.3 is 5.97 Å². The summed E-state index contributed by atoms with van der Waals surface area (Å²) in [7, 11) is 0. The molecule has 2 rings (SSSR count). The standard InChI is InChI=1S/C17H28O4/c1-3-5-7-13(17(18)19-4-2)10-11-16-20-14-8-6-9-15(12-14)21-16/h13-15H,1,3-12H2,2H3. The molecule has 1 saturated heterocycles. The second-order valence-corrected chi connectivity index (χ2v) is 6.00. The minimum Gasteiger partial charge on any atom is -0.466 e. The third-order valence-electron chi connectivity index (χ3n) is 4.29. The van der Waals surface area contributed by atoms with Crippen molar-refractivity contribution in [2.45, 2.75) is 76.9 Å². The number of esters is 1. The van der Waals surface area contributed by atoms with Crippen molar-refractivity contribution in [2.75, 3.05) is 6.61 Å². The van der Waals surface area contributed by atoms with E-state index in [2.05, 4.69) is 6.92 Å². The van der Waals surface area contributed by atoms with Gasteiger partial charge in [-0.05, 0) is 39.0 Å². The number of fused-ring (bicyclic) bond motifs is 2. The Labute approximate surface area is 128 Å². The van der Waals surface area contributed by atoms with Crippen LogP contribution in [0, 0.1) is 19.1 Å². The van der Waals surface area contributed by atoms with Gasteiger partial charge in [0.2, 0.25) is 6.29 Å². The van der Waals surface area contributed by atoms with Crippen molar-refractivity contribution >= 4 is 5.97 Å². The Morgan fingerprint density at radius 2 is 2.05 bits per heavy atom. The quantitative estimate of drug-likeness (QED) is 0.639. The molecule has 1 aliphatic heterocycles. The van der Waals surface area contributed by atoms with Crippen LogP contribution in [-0.2, 0) is 19.0 Å². The number of unbranched alkanes of at least 4 members (excludes halogenated alkanes) is 1. The molecule has 1 aliphatic carbocycles. The summed E-state index contributed by atoms with van der Waals surface area (Å²) in [5.74, 6) is -0.157. The van der Waals surface area contributed by atoms with Crippen LogP contribution in [0.1, 0.15) is 64.7 Å². The molecule has 0 aromatic heterocycles. The number of carbonyl (C=O) groups is 1. The lowest BCUT2D eigenvalue weighted by Gasteiger charge is -2.38. The Morgan fingerprint density at radius 1 is 1.33 bits per heavy atom. The van der Waals surface area contributed by atoms with Crippen LogP contribution in [0.25, 0.3) is 0 Å². The van der Waals surface area contributed by atoms with Gasteiger partial charge in [-0.15, -0.1) is 0 Å². The van der Waals surface area contributed by atoms with E-state index in [0.717, 1.165) is 51.2 Å². The molecule has 0 N–H and O–H groups in total. The maximum atomic E-state index is 12.0. The number of hydrogen-bond acceptors (Lipinski definition) is 4. The molecule has 0 aromatic rings. The average Bonchev–Trinajstić information content (AvgIpc) is 2.47. The predicted octanol–water partition coefficient (Wildman–Crippen LogP) is 3.80. The zero-order valence-corrected chi connectivity index (χ0v) is 13.1. The normalized spacial score (nSPS) is 27.3. The number of rotatable bonds is 8. The molecule has 2 bridgehead atoms. The van der Waals surface area contributed by atoms with Crippen molar-refractivity contribution in [3.63, 3.8) is 0 Å². The van der Waals surface area contributed by atoms with E-state index in [1.807, 2.05) is 6.92 Å². The highest BCUT2D eigenvalue weighted by Gasteiger charge is 2.34. The van der Waals surface area contributed by atoms with Crippen molar-refractivity contribution in [3.05, 3.63) is 13.2 Å². The molecule has 4 heteroatoms. The fraction of sp³-hybridized carbons (Fsp3) is 0.824. The summed E-state index contributed by atoms with van der Waals surface area (Å²) in [4.78, 5) is 12.0. The fourth-order valence-corrected chi connectivity index (χ4v) is 3.16. The Bertz CT molecular complexity index is 306. The molecule has 120 valence electrons. The van der Waals surface area contributed by atoms with E-state index in [-0.39, 0.29) is 11.9 Å². The first-order chi connectivity index (χ1) is 10.2. The zero-order valence-electron chi connectivity index (χ0n) is 13.1. The van der Waals surface area contributed by atoms with Gasteiger partial charge in [0.15, 0.2) is 0 Å². The third kappa shape index (κ3) is 5.26. The first-order valence-electron chi connectivity index (χ1n) is 8.38. The molecular formula is C17H28O4. The Balaban J connectivity index is 1.78. The molecule has 0 spiro atoms. The van der Waals surface area contributed by atoms with Crippen molar-refractivity contribution in [3.8, 4) is 0 Å². The summed E-state index contributed by atoms with van der Waals surface area (Å²) < 4.78 is 16.9. The first-order valence-corrected chi connectivity index (χ1v) is 8.38. The second-order valence-electron chi connectivity index (χ2n) is 6.00. The van der Waals surface area contributed by atoms with E-state index >= 15 is 0 Å². The summed E-state index contributed by atoms with van der Waals surface area (Å²) in [6.45, 7) is 6.13. The third-order valence-corrected chi connectivity index (χ3v) is 4.29. The van der Waals surface area contributed by atoms with Gasteiger partial charge in [-0.25, -0.2) is 0 Å². The van der Waals surface area contributed by atoms with E-state index < -0.39 is 0 Å². The fourth-order valence-electron chi connectivity index (χ4n) is 3.16. The molecule has 1 saturated carbocycles. The largest absolute Gasteiger partial charge is 0.466 e. The molecule has 3 unspecified atom stereocenters. The molecule has 4 nitrogen and oxygen atoms in total. The Morgan fingerprint density at radius 3 is 2.67 bits per heavy atom. The first kappa shape index (κ1) is 16.8. The number of carbonyl (C=O) groups excluding carboxylic acids is 1. The van der Waals surface area contributed by atoms with Crippen LogP contribution in [0.15, 0.2) is 0 Å². The molecule has 21 heavy (non-hydrogen) atoms. The highest BCUT2D eigenvalue weighted by molar-refractivity contribution is 5.72. The smallest absolute Gasteiger partial charge is 0.308 e. The van der Waals surface area contributed by atoms with Crippen molar-refractivity contribution in [1.29, 1.82) is 0 Å². The van der Waals surface area contributed by atoms with E-state index in [1.165, 1.54) is 6.42 Å². The van der Waals surface area contributed by atoms with E-state index in [1.54, 1.807) is 0 Å². The van der Waals surface area contributed by atoms with Crippen molar-refractivity contribution in [1.82, 2.24) is 0 Å². The number of hydrogen-bond donors (Lipinski definition) is 0. The minimum atomic E-state index is -0.0949. The number of ether oxygens (including phenoxy) is 3. The summed E-state index contributed by atoms with van der Waals surface area (Å²) >= 11 is 0. The summed E-state index contributed by atoms with van der Waals surface area (Å²) in [6.07, 6.45) is 9.95. The van der Waals surface area contributed by atoms with Crippen LogP contribution >= 0.6 is 0 Å². The van der Waals surface area contributed by atoms with Gasteiger partial charge in [-0.2, -0.15) is 0 Å². The lowest BCUT2D eigenvalue weighted by Crippen LogP contribution is -2.37. The van der Waals surface area contributed by atoms with Gasteiger partial charge in [0.05, 0.1) is 24.7 Å². The molecular weight excluding hydrogens is 268 g/mol. The van der Waals surface area contributed by atoms with Crippen LogP contribution in [0.3, 0.4) is 0 Å². The van der Waals surface area contributed by atoms with Crippen molar-refractivity contribution in [2.24, 2.45) is 5.92 Å². The molecule has 0 aromatic carbocycles. The maximum Gasteiger partial charge on any atom is 0.308 e. The second kappa shape index (κ2) is 8.74. The van der Waals surface area contributed by atoms with E-state index in [4.69, 9.17) is 14.2 Å². The predicted molar refractivity (Wildman–Crippen MR) is 80.0 cm³/mol. The molecule has 2 aliphatic rings. The zero-order chi connectivity index (χ0) is 15.1. The highest BCUT2D eigenvalue weighted by atomic mass is 16.7. The lowest BCUT2D eigenvalue weighted by molar-refractivity contribution is -0.187. The van der Waals surface area contributed by atoms with Gasteiger partial charge in [-0.3, -0.25) is 4.79 Å². The van der Waals surface area contributed by atoms with E-state index in [9.17, 15) is 4.79 Å². The van der Waals surface area contributed by atoms with Gasteiger partial charge in [0.25, 0.3) is 0 Å². The van der Waals surface area contributed by atoms with Crippen LogP contribution in [0.4, 0.5) is 0 Å². The van der Waals surface area contributed by atoms with E-state index in [0.29, 0.717) is 25.2 Å². The Hall–Kier alpha value is -0.610. The summed E-state index contributed by atoms with van der Waals surface area (Å²) in [5.41, 5.74) is 0. The SMILES string of the molecule is [CH2]CCCC(CC[C]1OC2CCCC(C2)O1)C(=O)OCC. The van der Waals surface area contributed by atoms with Crippen molar-refractivity contribution < 1.29 is 19.0 Å². The van der Waals surface area contributed by atoms with Gasteiger partial charge in [0, 0.05) is 12.8 Å². The van der Waals surface area contributed by atoms with Crippen LogP contribution < -0.4 is 0 Å². The highest BCUT2D eigenvalue weighted by Crippen LogP contribution is 2.36. The topological polar surface area (TPSA) is 44.8 Å². The molecule has 1 heterocycles. The van der Waals surface area contributed by atoms with Gasteiger partial charge < -0.3 is 14.2 Å². The van der Waals surface area contributed by atoms with Gasteiger partial charge in [-0.1, -0.05) is 19.8 Å². The molecule has 0 amide bonds. The molecule has 2 radical (unpaired) electrons. The molecule has 3 atom stereocenters. The monoisotopic (exact) mass is 296 g/mol. The summed E-state index contributed by atoms with van der Waals surface area (Å²) in [6, 6.07) is 0. The Kier molecular flexibility index (Phi) is 6.97. The summed E-state index contributed by atoms with van der Waals surface area (Å²) in [5, 5.41) is 0. The maximum absolute atomic E-state index is 12.0. The lowest BCUT2D eigenvalue weighted by atomic mass is 9.93. The van der Waals surface area contributed by atoms with Crippen LogP contribution in [-0.4, -0.2) is 24.8 Å².